The Balaban J connectivity index is 1.38. The quantitative estimate of drug-likeness (QED) is 0.442. The molecule has 5 heteroatoms. The Morgan fingerprint density at radius 1 is 1.10 bits per heavy atom. The van der Waals surface area contributed by atoms with E-state index in [9.17, 15) is 4.79 Å². The van der Waals surface area contributed by atoms with Crippen LogP contribution in [0.3, 0.4) is 0 Å². The Morgan fingerprint density at radius 2 is 2.00 bits per heavy atom. The van der Waals surface area contributed by atoms with E-state index in [1.165, 1.54) is 0 Å². The van der Waals surface area contributed by atoms with Gasteiger partial charge >= 0.3 is 0 Å². The number of rotatable bonds is 4. The molecule has 0 N–H and O–H groups in total. The lowest BCUT2D eigenvalue weighted by atomic mass is 9.81. The number of hydrogen-bond donors (Lipinski definition) is 0. The molecule has 5 rings (SSSR count). The van der Waals surface area contributed by atoms with Crippen molar-refractivity contribution in [3.05, 3.63) is 101 Å². The number of nitrogens with zero attached hydrogens (tertiary/aromatic N) is 3. The summed E-state index contributed by atoms with van der Waals surface area (Å²) in [6.45, 7) is 2.37. The number of allylic oxidation sites excluding steroid dienone is 1. The van der Waals surface area contributed by atoms with Gasteiger partial charge in [0, 0.05) is 28.9 Å². The first-order valence-corrected chi connectivity index (χ1v) is 10.3. The maximum atomic E-state index is 13.2. The average molecular weight is 407 g/mol. The maximum absolute atomic E-state index is 13.2. The van der Waals surface area contributed by atoms with Gasteiger partial charge in [0.25, 0.3) is 0 Å². The van der Waals surface area contributed by atoms with Gasteiger partial charge in [-0.25, -0.2) is 4.98 Å². The first kappa shape index (κ1) is 19.1. The minimum atomic E-state index is -0.000571. The average Bonchev–Trinajstić information content (AvgIpc) is 2.81. The standard InChI is InChI=1S/C26H21N3O2/c1-17-11-25-23(26(30)22(17)12-18-5-4-10-27-14-18)13-21(15-28-25)31-16-20-9-8-19-6-2-3-7-24(19)29-20/h2-10,12-15,17H,11,16H2,1H3. The predicted octanol–water partition coefficient (Wildman–Crippen LogP) is 5.06. The number of Topliss-reactive ketones (excluding diaryl/α,β-unsaturated/α-hetero) is 1. The molecule has 1 atom stereocenters. The molecule has 5 nitrogen and oxygen atoms in total. The molecule has 0 bridgehead atoms. The molecule has 3 aromatic heterocycles. The lowest BCUT2D eigenvalue weighted by Gasteiger charge is -2.23. The summed E-state index contributed by atoms with van der Waals surface area (Å²) in [6, 6.07) is 17.6. The molecule has 1 aliphatic rings. The fourth-order valence-corrected chi connectivity index (χ4v) is 3.89. The van der Waals surface area contributed by atoms with Crippen molar-refractivity contribution in [2.24, 2.45) is 5.92 Å². The topological polar surface area (TPSA) is 65.0 Å². The molecular formula is C26H21N3O2. The number of para-hydroxylation sites is 1. The van der Waals surface area contributed by atoms with Gasteiger partial charge in [0.1, 0.15) is 12.4 Å². The Morgan fingerprint density at radius 3 is 2.87 bits per heavy atom. The van der Waals surface area contributed by atoms with Gasteiger partial charge in [-0.05, 0) is 48.2 Å². The molecule has 0 spiro atoms. The number of pyridine rings is 3. The highest BCUT2D eigenvalue weighted by molar-refractivity contribution is 6.13. The highest BCUT2D eigenvalue weighted by Crippen LogP contribution is 2.32. The number of benzene rings is 1. The molecule has 0 saturated heterocycles. The van der Waals surface area contributed by atoms with Gasteiger partial charge in [0.15, 0.2) is 5.78 Å². The van der Waals surface area contributed by atoms with Gasteiger partial charge in [0.2, 0.25) is 0 Å². The zero-order chi connectivity index (χ0) is 21.2. The monoisotopic (exact) mass is 407 g/mol. The van der Waals surface area contributed by atoms with Crippen LogP contribution in [0, 0.1) is 5.92 Å². The third-order valence-electron chi connectivity index (χ3n) is 5.53. The molecule has 0 radical (unpaired) electrons. The third kappa shape index (κ3) is 3.94. The Bertz CT molecular complexity index is 1300. The molecule has 4 aromatic rings. The molecule has 1 unspecified atom stereocenters. The number of ketones is 1. The summed E-state index contributed by atoms with van der Waals surface area (Å²) < 4.78 is 5.93. The van der Waals surface area contributed by atoms with Crippen LogP contribution in [0.1, 0.15) is 34.2 Å². The van der Waals surface area contributed by atoms with Crippen LogP contribution >= 0.6 is 0 Å². The number of fused-ring (bicyclic) bond motifs is 2. The van der Waals surface area contributed by atoms with Gasteiger partial charge in [-0.1, -0.05) is 37.3 Å². The van der Waals surface area contributed by atoms with Crippen LogP contribution in [0.15, 0.2) is 78.8 Å². The lowest BCUT2D eigenvalue weighted by Crippen LogP contribution is -2.22. The van der Waals surface area contributed by atoms with Crippen LogP contribution in [-0.2, 0) is 13.0 Å². The van der Waals surface area contributed by atoms with Crippen LogP contribution in [0.2, 0.25) is 0 Å². The summed E-state index contributed by atoms with van der Waals surface area (Å²) in [4.78, 5) is 26.5. The van der Waals surface area contributed by atoms with Crippen molar-refractivity contribution in [1.29, 1.82) is 0 Å². The number of ether oxygens (including phenoxy) is 1. The van der Waals surface area contributed by atoms with E-state index in [0.29, 0.717) is 17.9 Å². The molecule has 0 amide bonds. The highest BCUT2D eigenvalue weighted by atomic mass is 16.5. The zero-order valence-electron chi connectivity index (χ0n) is 17.2. The summed E-state index contributed by atoms with van der Waals surface area (Å²) in [6.07, 6.45) is 7.82. The smallest absolute Gasteiger partial charge is 0.191 e. The Labute approximate surface area is 180 Å². The van der Waals surface area contributed by atoms with E-state index in [1.807, 2.05) is 54.6 Å². The zero-order valence-corrected chi connectivity index (χ0v) is 17.2. The van der Waals surface area contributed by atoms with E-state index in [2.05, 4.69) is 21.9 Å². The second-order valence-corrected chi connectivity index (χ2v) is 7.77. The van der Waals surface area contributed by atoms with Crippen molar-refractivity contribution in [2.45, 2.75) is 20.0 Å². The Hall–Kier alpha value is -3.86. The van der Waals surface area contributed by atoms with E-state index in [0.717, 1.165) is 39.8 Å². The molecule has 1 aliphatic carbocycles. The molecule has 3 heterocycles. The van der Waals surface area contributed by atoms with Gasteiger partial charge < -0.3 is 4.74 Å². The van der Waals surface area contributed by atoms with Crippen molar-refractivity contribution in [1.82, 2.24) is 15.0 Å². The molecule has 0 saturated carbocycles. The normalized spacial score (nSPS) is 17.0. The largest absolute Gasteiger partial charge is 0.486 e. The third-order valence-corrected chi connectivity index (χ3v) is 5.53. The minimum absolute atomic E-state index is 0.000571. The second kappa shape index (κ2) is 8.11. The fourth-order valence-electron chi connectivity index (χ4n) is 3.89. The number of carbonyl (C=O) groups is 1. The molecule has 152 valence electrons. The molecule has 0 fully saturated rings. The molecule has 1 aromatic carbocycles. The van der Waals surface area contributed by atoms with E-state index in [4.69, 9.17) is 4.74 Å². The summed E-state index contributed by atoms with van der Waals surface area (Å²) in [5.41, 5.74) is 4.88. The second-order valence-electron chi connectivity index (χ2n) is 7.77. The first-order valence-electron chi connectivity index (χ1n) is 10.3. The van der Waals surface area contributed by atoms with E-state index in [-0.39, 0.29) is 11.7 Å². The summed E-state index contributed by atoms with van der Waals surface area (Å²) >= 11 is 0. The van der Waals surface area contributed by atoms with Crippen molar-refractivity contribution in [3.8, 4) is 5.75 Å². The van der Waals surface area contributed by atoms with Crippen molar-refractivity contribution < 1.29 is 9.53 Å². The highest BCUT2D eigenvalue weighted by Gasteiger charge is 2.29. The number of carbonyl (C=O) groups excluding carboxylic acids is 1. The lowest BCUT2D eigenvalue weighted by molar-refractivity contribution is 0.101. The van der Waals surface area contributed by atoms with Gasteiger partial charge in [-0.3, -0.25) is 14.8 Å². The van der Waals surface area contributed by atoms with Crippen molar-refractivity contribution >= 4 is 22.8 Å². The van der Waals surface area contributed by atoms with Crippen molar-refractivity contribution in [2.75, 3.05) is 0 Å². The van der Waals surface area contributed by atoms with Gasteiger partial charge in [-0.2, -0.15) is 0 Å². The summed E-state index contributed by atoms with van der Waals surface area (Å²) in [5, 5.41) is 1.09. The minimum Gasteiger partial charge on any atom is -0.486 e. The molecule has 0 aliphatic heterocycles. The summed E-state index contributed by atoms with van der Waals surface area (Å²) in [7, 11) is 0. The number of hydrogen-bond acceptors (Lipinski definition) is 5. The van der Waals surface area contributed by atoms with Crippen molar-refractivity contribution in [3.63, 3.8) is 0 Å². The van der Waals surface area contributed by atoms with Gasteiger partial charge in [-0.15, -0.1) is 0 Å². The Kier molecular flexibility index (Phi) is 5.00. The summed E-state index contributed by atoms with van der Waals surface area (Å²) in [5.74, 6) is 0.665. The van der Waals surface area contributed by atoms with Crippen LogP contribution in [0.25, 0.3) is 17.0 Å². The van der Waals surface area contributed by atoms with Crippen LogP contribution in [-0.4, -0.2) is 20.7 Å². The van der Waals surface area contributed by atoms with E-state index < -0.39 is 0 Å². The SMILES string of the molecule is CC1Cc2ncc(OCc3ccc4ccccc4n3)cc2C(=O)C1=Cc1cccnc1. The van der Waals surface area contributed by atoms with E-state index in [1.54, 1.807) is 24.7 Å². The van der Waals surface area contributed by atoms with Crippen LogP contribution in [0.4, 0.5) is 0 Å². The number of aromatic nitrogens is 3. The van der Waals surface area contributed by atoms with Gasteiger partial charge in [0.05, 0.1) is 23.1 Å². The van der Waals surface area contributed by atoms with E-state index >= 15 is 0 Å². The predicted molar refractivity (Wildman–Crippen MR) is 120 cm³/mol. The van der Waals surface area contributed by atoms with Crippen LogP contribution in [0.5, 0.6) is 5.75 Å². The fraction of sp³-hybridized carbons (Fsp3) is 0.154. The van der Waals surface area contributed by atoms with Crippen LogP contribution < -0.4 is 4.74 Å². The maximum Gasteiger partial charge on any atom is 0.191 e. The molecular weight excluding hydrogens is 386 g/mol. The molecule has 31 heavy (non-hydrogen) atoms. The first-order chi connectivity index (χ1) is 15.2.